The Bertz CT molecular complexity index is 317. The molecule has 0 fully saturated rings. The van der Waals surface area contributed by atoms with Crippen molar-refractivity contribution < 1.29 is 9.53 Å². The summed E-state index contributed by atoms with van der Waals surface area (Å²) in [6.45, 7) is 4.16. The van der Waals surface area contributed by atoms with Gasteiger partial charge in [-0.2, -0.15) is 0 Å². The lowest BCUT2D eigenvalue weighted by atomic mass is 10.1. The summed E-state index contributed by atoms with van der Waals surface area (Å²) < 4.78 is 4.86. The lowest BCUT2D eigenvalue weighted by molar-refractivity contribution is -0.142. The van der Waals surface area contributed by atoms with Gasteiger partial charge in [0.25, 0.3) is 0 Å². The Morgan fingerprint density at radius 2 is 2.00 bits per heavy atom. The second kappa shape index (κ2) is 5.51. The molecule has 0 aliphatic carbocycles. The second-order valence-electron chi connectivity index (χ2n) is 3.51. The van der Waals surface area contributed by atoms with Gasteiger partial charge in [-0.25, -0.2) is 0 Å². The van der Waals surface area contributed by atoms with Gasteiger partial charge in [0, 0.05) is 6.04 Å². The predicted molar refractivity (Wildman–Crippen MR) is 59.4 cm³/mol. The van der Waals surface area contributed by atoms with Gasteiger partial charge in [-0.1, -0.05) is 24.3 Å². The molecule has 0 bridgehead atoms. The zero-order valence-corrected chi connectivity index (χ0v) is 9.19. The molecule has 0 heterocycles. The Morgan fingerprint density at radius 3 is 2.47 bits per heavy atom. The lowest BCUT2D eigenvalue weighted by Crippen LogP contribution is -2.08. The topological polar surface area (TPSA) is 52.3 Å². The van der Waals surface area contributed by atoms with Crippen molar-refractivity contribution in [3.05, 3.63) is 35.4 Å². The van der Waals surface area contributed by atoms with E-state index in [2.05, 4.69) is 0 Å². The molecule has 3 heteroatoms. The number of hydrogen-bond donors (Lipinski definition) is 1. The van der Waals surface area contributed by atoms with Crippen molar-refractivity contribution >= 4 is 5.97 Å². The number of ether oxygens (including phenoxy) is 1. The van der Waals surface area contributed by atoms with E-state index in [4.69, 9.17) is 10.5 Å². The second-order valence-corrected chi connectivity index (χ2v) is 3.51. The van der Waals surface area contributed by atoms with E-state index < -0.39 is 0 Å². The molecule has 0 spiro atoms. The third-order valence-electron chi connectivity index (χ3n) is 2.16. The smallest absolute Gasteiger partial charge is 0.310 e. The van der Waals surface area contributed by atoms with Gasteiger partial charge in [-0.05, 0) is 25.0 Å². The molecule has 0 radical (unpaired) electrons. The van der Waals surface area contributed by atoms with Crippen molar-refractivity contribution in [2.45, 2.75) is 26.3 Å². The Morgan fingerprint density at radius 1 is 1.40 bits per heavy atom. The summed E-state index contributed by atoms with van der Waals surface area (Å²) in [7, 11) is 0. The van der Waals surface area contributed by atoms with Crippen molar-refractivity contribution in [1.82, 2.24) is 0 Å². The van der Waals surface area contributed by atoms with E-state index in [1.807, 2.05) is 31.2 Å². The SMILES string of the molecule is CCOC(=O)Cc1ccc([C@@H](C)N)cc1. The van der Waals surface area contributed by atoms with E-state index in [1.165, 1.54) is 0 Å². The van der Waals surface area contributed by atoms with Crippen molar-refractivity contribution in [1.29, 1.82) is 0 Å². The fourth-order valence-electron chi connectivity index (χ4n) is 1.32. The lowest BCUT2D eigenvalue weighted by Gasteiger charge is -2.06. The summed E-state index contributed by atoms with van der Waals surface area (Å²) in [4.78, 5) is 11.2. The maximum atomic E-state index is 11.2. The molecule has 3 nitrogen and oxygen atoms in total. The molecule has 2 N–H and O–H groups in total. The normalized spacial score (nSPS) is 12.2. The minimum absolute atomic E-state index is 0.0293. The van der Waals surface area contributed by atoms with Crippen LogP contribution in [0.2, 0.25) is 0 Å². The van der Waals surface area contributed by atoms with Gasteiger partial charge in [0.1, 0.15) is 0 Å². The summed E-state index contributed by atoms with van der Waals surface area (Å²) >= 11 is 0. The summed E-state index contributed by atoms with van der Waals surface area (Å²) in [6, 6.07) is 7.74. The van der Waals surface area contributed by atoms with Crippen molar-refractivity contribution in [3.8, 4) is 0 Å². The molecule has 0 aliphatic heterocycles. The van der Waals surface area contributed by atoms with Gasteiger partial charge in [0.05, 0.1) is 13.0 Å². The molecule has 1 aromatic carbocycles. The van der Waals surface area contributed by atoms with Gasteiger partial charge in [0.2, 0.25) is 0 Å². The summed E-state index contributed by atoms with van der Waals surface area (Å²) in [5.41, 5.74) is 7.75. The van der Waals surface area contributed by atoms with Crippen LogP contribution in [0.4, 0.5) is 0 Å². The van der Waals surface area contributed by atoms with Crippen LogP contribution in [0, 0.1) is 0 Å². The maximum absolute atomic E-state index is 11.2. The summed E-state index contributed by atoms with van der Waals surface area (Å²) in [5, 5.41) is 0. The van der Waals surface area contributed by atoms with Crippen molar-refractivity contribution in [2.24, 2.45) is 5.73 Å². The van der Waals surface area contributed by atoms with Crippen LogP contribution in [0.3, 0.4) is 0 Å². The summed E-state index contributed by atoms with van der Waals surface area (Å²) in [6.07, 6.45) is 0.326. The van der Waals surface area contributed by atoms with Crippen LogP contribution in [0.1, 0.15) is 31.0 Å². The van der Waals surface area contributed by atoms with Crippen molar-refractivity contribution in [2.75, 3.05) is 6.61 Å². The number of hydrogen-bond acceptors (Lipinski definition) is 3. The highest BCUT2D eigenvalue weighted by Crippen LogP contribution is 2.11. The molecular formula is C12H17NO2. The minimum Gasteiger partial charge on any atom is -0.466 e. The standard InChI is InChI=1S/C12H17NO2/c1-3-15-12(14)8-10-4-6-11(7-5-10)9(2)13/h4-7,9H,3,8,13H2,1-2H3/t9-/m1/s1. The van der Waals surface area contributed by atoms with Gasteiger partial charge in [0.15, 0.2) is 0 Å². The molecule has 0 aromatic heterocycles. The van der Waals surface area contributed by atoms with Crippen LogP contribution in [0.5, 0.6) is 0 Å². The Balaban J connectivity index is 2.60. The van der Waals surface area contributed by atoms with E-state index >= 15 is 0 Å². The number of nitrogens with two attached hydrogens (primary N) is 1. The molecule has 0 unspecified atom stereocenters. The first kappa shape index (κ1) is 11.7. The number of carbonyl (C=O) groups excluding carboxylic acids is 1. The molecule has 0 saturated carbocycles. The number of rotatable bonds is 4. The van der Waals surface area contributed by atoms with E-state index in [9.17, 15) is 4.79 Å². The van der Waals surface area contributed by atoms with E-state index in [0.29, 0.717) is 13.0 Å². The molecule has 1 rings (SSSR count). The Hall–Kier alpha value is -1.35. The summed E-state index contributed by atoms with van der Waals surface area (Å²) in [5.74, 6) is -0.189. The fourth-order valence-corrected chi connectivity index (χ4v) is 1.32. The molecule has 1 aromatic rings. The molecule has 15 heavy (non-hydrogen) atoms. The average Bonchev–Trinajstić information content (AvgIpc) is 2.18. The van der Waals surface area contributed by atoms with Gasteiger partial charge >= 0.3 is 5.97 Å². The molecular weight excluding hydrogens is 190 g/mol. The van der Waals surface area contributed by atoms with Gasteiger partial charge in [-0.3, -0.25) is 4.79 Å². The third kappa shape index (κ3) is 3.72. The molecule has 0 amide bonds. The van der Waals surface area contributed by atoms with Crippen LogP contribution in [0.15, 0.2) is 24.3 Å². The van der Waals surface area contributed by atoms with Crippen LogP contribution in [0.25, 0.3) is 0 Å². The first-order chi connectivity index (χ1) is 7.13. The largest absolute Gasteiger partial charge is 0.466 e. The molecule has 0 saturated heterocycles. The number of benzene rings is 1. The molecule has 82 valence electrons. The van der Waals surface area contributed by atoms with Crippen molar-refractivity contribution in [3.63, 3.8) is 0 Å². The monoisotopic (exact) mass is 207 g/mol. The number of esters is 1. The van der Waals surface area contributed by atoms with E-state index in [-0.39, 0.29) is 12.0 Å². The Labute approximate surface area is 90.2 Å². The zero-order valence-electron chi connectivity index (χ0n) is 9.19. The molecule has 1 atom stereocenters. The number of carbonyl (C=O) groups is 1. The highest BCUT2D eigenvalue weighted by atomic mass is 16.5. The first-order valence-electron chi connectivity index (χ1n) is 5.13. The third-order valence-corrected chi connectivity index (χ3v) is 2.16. The van der Waals surface area contributed by atoms with Crippen LogP contribution < -0.4 is 5.73 Å². The predicted octanol–water partition coefficient (Wildman–Crippen LogP) is 1.81. The van der Waals surface area contributed by atoms with E-state index in [1.54, 1.807) is 6.92 Å². The molecule has 0 aliphatic rings. The van der Waals surface area contributed by atoms with Gasteiger partial charge < -0.3 is 10.5 Å². The van der Waals surface area contributed by atoms with Gasteiger partial charge in [-0.15, -0.1) is 0 Å². The Kier molecular flexibility index (Phi) is 4.31. The minimum atomic E-state index is -0.189. The van der Waals surface area contributed by atoms with E-state index in [0.717, 1.165) is 11.1 Å². The highest BCUT2D eigenvalue weighted by molar-refractivity contribution is 5.72. The van der Waals surface area contributed by atoms with Crippen LogP contribution in [-0.2, 0) is 16.0 Å². The van der Waals surface area contributed by atoms with Crippen LogP contribution in [-0.4, -0.2) is 12.6 Å². The quantitative estimate of drug-likeness (QED) is 0.766. The fraction of sp³-hybridized carbons (Fsp3) is 0.417. The zero-order chi connectivity index (χ0) is 11.3. The first-order valence-corrected chi connectivity index (χ1v) is 5.13. The maximum Gasteiger partial charge on any atom is 0.310 e. The van der Waals surface area contributed by atoms with Crippen LogP contribution >= 0.6 is 0 Å². The highest BCUT2D eigenvalue weighted by Gasteiger charge is 2.04. The average molecular weight is 207 g/mol.